The molecular weight excluding hydrogens is 450 g/mol. The number of pyridine rings is 1. The first-order chi connectivity index (χ1) is 16.9. The van der Waals surface area contributed by atoms with E-state index in [4.69, 9.17) is 4.74 Å². The average molecular weight is 484 g/mol. The van der Waals surface area contributed by atoms with Crippen molar-refractivity contribution in [1.29, 1.82) is 0 Å². The number of hydrogen-bond acceptors (Lipinski definition) is 5. The Morgan fingerprint density at radius 1 is 1.09 bits per heavy atom. The Morgan fingerprint density at radius 3 is 2.57 bits per heavy atom. The lowest BCUT2D eigenvalue weighted by Gasteiger charge is -2.25. The quantitative estimate of drug-likeness (QED) is 0.187. The van der Waals surface area contributed by atoms with Crippen molar-refractivity contribution in [3.63, 3.8) is 0 Å². The molecule has 5 rings (SSSR count). The fourth-order valence-corrected chi connectivity index (χ4v) is 5.74. The van der Waals surface area contributed by atoms with Crippen LogP contribution in [-0.4, -0.2) is 47.5 Å². The number of benzene rings is 1. The summed E-state index contributed by atoms with van der Waals surface area (Å²) in [7, 11) is 0.740. The molecule has 3 aromatic heterocycles. The summed E-state index contributed by atoms with van der Waals surface area (Å²) in [5.41, 5.74) is 6.51. The smallest absolute Gasteiger partial charge is 0.145 e. The second-order valence-electron chi connectivity index (χ2n) is 10.7. The van der Waals surface area contributed by atoms with Crippen LogP contribution in [-0.2, 0) is 29.7 Å². The minimum absolute atomic E-state index is 0.191. The van der Waals surface area contributed by atoms with Gasteiger partial charge in [-0.1, -0.05) is 43.9 Å². The van der Waals surface area contributed by atoms with E-state index in [2.05, 4.69) is 86.8 Å². The highest BCUT2D eigenvalue weighted by Gasteiger charge is 2.37. The second-order valence-corrected chi connectivity index (χ2v) is 16.3. The van der Waals surface area contributed by atoms with E-state index < -0.39 is 8.07 Å². The van der Waals surface area contributed by atoms with E-state index in [-0.39, 0.29) is 5.41 Å². The van der Waals surface area contributed by atoms with Crippen LogP contribution < -0.4 is 0 Å². The molecule has 0 bridgehead atoms. The lowest BCUT2D eigenvalue weighted by atomic mass is 9.79. The SMILES string of the molecule is C/N=C/C1(c2cncc(-c3ncnc4c3ccn4COCC[Si](C)(C)C)c2)Cc2ccccc2C1. The topological polar surface area (TPSA) is 65.2 Å². The number of rotatable bonds is 8. The van der Waals surface area contributed by atoms with Gasteiger partial charge in [0.15, 0.2) is 0 Å². The van der Waals surface area contributed by atoms with Crippen molar-refractivity contribution < 1.29 is 4.74 Å². The molecule has 0 aliphatic heterocycles. The van der Waals surface area contributed by atoms with Crippen LogP contribution in [0.15, 0.2) is 66.3 Å². The lowest BCUT2D eigenvalue weighted by Crippen LogP contribution is -2.29. The monoisotopic (exact) mass is 483 g/mol. The van der Waals surface area contributed by atoms with Gasteiger partial charge in [0.05, 0.1) is 5.69 Å². The van der Waals surface area contributed by atoms with E-state index in [9.17, 15) is 0 Å². The van der Waals surface area contributed by atoms with Gasteiger partial charge in [-0.05, 0) is 47.7 Å². The van der Waals surface area contributed by atoms with Gasteiger partial charge in [-0.3, -0.25) is 9.98 Å². The van der Waals surface area contributed by atoms with Crippen molar-refractivity contribution in [1.82, 2.24) is 19.5 Å². The lowest BCUT2D eigenvalue weighted by molar-refractivity contribution is 0.0899. The molecule has 0 N–H and O–H groups in total. The summed E-state index contributed by atoms with van der Waals surface area (Å²) in [4.78, 5) is 18.3. The zero-order chi connectivity index (χ0) is 24.5. The van der Waals surface area contributed by atoms with Crippen molar-refractivity contribution >= 4 is 25.3 Å². The van der Waals surface area contributed by atoms with E-state index in [1.807, 2.05) is 25.6 Å². The standard InChI is InChI=1S/C28H33N5OSi/c1-29-18-28(14-21-7-5-6-8-22(21)15-28)24-13-23(16-30-17-24)26-25-9-10-33(27(25)32-19-31-26)20-34-11-12-35(2,3)4/h5-10,13,16-19H,11-12,14-15,20H2,1-4H3/b29-18+. The van der Waals surface area contributed by atoms with Crippen LogP contribution in [0.3, 0.4) is 0 Å². The third-order valence-corrected chi connectivity index (χ3v) is 8.58. The first kappa shape index (κ1) is 23.6. The molecule has 0 spiro atoms. The molecule has 0 saturated carbocycles. The van der Waals surface area contributed by atoms with Gasteiger partial charge in [-0.25, -0.2) is 9.97 Å². The number of ether oxygens (including phenoxy) is 1. The van der Waals surface area contributed by atoms with Gasteiger partial charge in [0.25, 0.3) is 0 Å². The van der Waals surface area contributed by atoms with E-state index in [0.717, 1.165) is 53.3 Å². The number of aromatic nitrogens is 4. The summed E-state index contributed by atoms with van der Waals surface area (Å²) in [5, 5.41) is 1.01. The van der Waals surface area contributed by atoms with E-state index >= 15 is 0 Å². The van der Waals surface area contributed by atoms with Crippen LogP contribution in [0.25, 0.3) is 22.3 Å². The van der Waals surface area contributed by atoms with Gasteiger partial charge in [-0.15, -0.1) is 0 Å². The molecular formula is C28H33N5OSi. The normalized spacial score (nSPS) is 15.2. The van der Waals surface area contributed by atoms with E-state index in [1.54, 1.807) is 6.33 Å². The van der Waals surface area contributed by atoms with E-state index in [0.29, 0.717) is 6.73 Å². The maximum absolute atomic E-state index is 5.98. The van der Waals surface area contributed by atoms with Gasteiger partial charge < -0.3 is 9.30 Å². The molecule has 4 aromatic rings. The highest BCUT2D eigenvalue weighted by molar-refractivity contribution is 6.76. The summed E-state index contributed by atoms with van der Waals surface area (Å²) in [6.45, 7) is 8.37. The highest BCUT2D eigenvalue weighted by Crippen LogP contribution is 2.39. The zero-order valence-corrected chi connectivity index (χ0v) is 22.0. The van der Waals surface area contributed by atoms with Crippen molar-refractivity contribution in [2.45, 2.75) is 50.7 Å². The molecule has 0 amide bonds. The minimum Gasteiger partial charge on any atom is -0.361 e. The number of aliphatic imine (C=N–C) groups is 1. The maximum atomic E-state index is 5.98. The molecule has 0 saturated heterocycles. The van der Waals surface area contributed by atoms with Crippen LogP contribution in [0, 0.1) is 0 Å². The molecule has 7 heteroatoms. The van der Waals surface area contributed by atoms with Crippen molar-refractivity contribution in [3.05, 3.63) is 78.0 Å². The third-order valence-electron chi connectivity index (χ3n) is 6.88. The summed E-state index contributed by atoms with van der Waals surface area (Å²) in [5.74, 6) is 0. The van der Waals surface area contributed by atoms with Gasteiger partial charge in [0, 0.05) is 62.9 Å². The Labute approximate surface area is 208 Å². The number of nitrogens with zero attached hydrogens (tertiary/aromatic N) is 5. The van der Waals surface area contributed by atoms with Gasteiger partial charge >= 0.3 is 0 Å². The Bertz CT molecular complexity index is 1350. The van der Waals surface area contributed by atoms with Crippen LogP contribution in [0.1, 0.15) is 16.7 Å². The van der Waals surface area contributed by atoms with Gasteiger partial charge in [-0.2, -0.15) is 0 Å². The summed E-state index contributed by atoms with van der Waals surface area (Å²) in [6, 6.07) is 14.1. The van der Waals surface area contributed by atoms with Crippen LogP contribution >= 0.6 is 0 Å². The second kappa shape index (κ2) is 9.47. The van der Waals surface area contributed by atoms with Gasteiger partial charge in [0.1, 0.15) is 18.7 Å². The zero-order valence-electron chi connectivity index (χ0n) is 21.0. The van der Waals surface area contributed by atoms with Crippen molar-refractivity contribution in [2.75, 3.05) is 13.7 Å². The number of fused-ring (bicyclic) bond motifs is 2. The fraction of sp³-hybridized carbons (Fsp3) is 0.357. The molecule has 1 aliphatic rings. The Balaban J connectivity index is 1.45. The molecule has 0 atom stereocenters. The molecule has 1 aromatic carbocycles. The van der Waals surface area contributed by atoms with Crippen LogP contribution in [0.5, 0.6) is 0 Å². The van der Waals surface area contributed by atoms with E-state index in [1.165, 1.54) is 11.1 Å². The fourth-order valence-electron chi connectivity index (χ4n) is 4.98. The largest absolute Gasteiger partial charge is 0.361 e. The van der Waals surface area contributed by atoms with Crippen molar-refractivity contribution in [2.24, 2.45) is 4.99 Å². The Morgan fingerprint density at radius 2 is 1.86 bits per heavy atom. The highest BCUT2D eigenvalue weighted by atomic mass is 28.3. The molecule has 180 valence electrons. The average Bonchev–Trinajstić information content (AvgIpc) is 3.43. The molecule has 3 heterocycles. The Kier molecular flexibility index (Phi) is 6.38. The molecule has 0 unspecified atom stereocenters. The first-order valence-electron chi connectivity index (χ1n) is 12.2. The summed E-state index contributed by atoms with van der Waals surface area (Å²) < 4.78 is 8.03. The van der Waals surface area contributed by atoms with Crippen molar-refractivity contribution in [3.8, 4) is 11.3 Å². The summed E-state index contributed by atoms with van der Waals surface area (Å²) >= 11 is 0. The molecule has 0 radical (unpaired) electrons. The molecule has 0 fully saturated rings. The molecule has 35 heavy (non-hydrogen) atoms. The minimum atomic E-state index is -1.11. The Hall–Kier alpha value is -3.16. The summed E-state index contributed by atoms with van der Waals surface area (Å²) in [6.07, 6.45) is 11.5. The predicted octanol–water partition coefficient (Wildman–Crippen LogP) is 5.54. The third kappa shape index (κ3) is 4.83. The number of hydrogen-bond donors (Lipinski definition) is 0. The maximum Gasteiger partial charge on any atom is 0.145 e. The molecule has 6 nitrogen and oxygen atoms in total. The predicted molar refractivity (Wildman–Crippen MR) is 145 cm³/mol. The first-order valence-corrected chi connectivity index (χ1v) is 15.9. The van der Waals surface area contributed by atoms with Gasteiger partial charge in [0.2, 0.25) is 0 Å². The van der Waals surface area contributed by atoms with Crippen LogP contribution in [0.4, 0.5) is 0 Å². The molecule has 1 aliphatic carbocycles. The van der Waals surface area contributed by atoms with Crippen LogP contribution in [0.2, 0.25) is 25.7 Å².